The van der Waals surface area contributed by atoms with E-state index < -0.39 is 23.5 Å². The van der Waals surface area contributed by atoms with Crippen LogP contribution in [0.5, 0.6) is 0 Å². The number of aromatic nitrogens is 5. The highest BCUT2D eigenvalue weighted by Gasteiger charge is 2.37. The monoisotopic (exact) mass is 940 g/mol. The average molecular weight is 941 g/mol. The van der Waals surface area contributed by atoms with E-state index in [0.717, 1.165) is 34.4 Å². The van der Waals surface area contributed by atoms with Crippen LogP contribution in [0, 0.1) is 11.3 Å². The van der Waals surface area contributed by atoms with Crippen LogP contribution in [-0.4, -0.2) is 24.5 Å². The second-order valence-corrected chi connectivity index (χ2v) is 16.8. The highest BCUT2D eigenvalue weighted by atomic mass is 19.4. The Kier molecular flexibility index (Phi) is 11.0. The Hall–Kier alpha value is -9.21. The van der Waals surface area contributed by atoms with Crippen LogP contribution in [0.4, 0.5) is 26.3 Å². The summed E-state index contributed by atoms with van der Waals surface area (Å²) in [5, 5.41) is 12.0. The van der Waals surface area contributed by atoms with E-state index in [1.54, 1.807) is 24.3 Å². The lowest BCUT2D eigenvalue weighted by molar-refractivity contribution is -0.143. The number of halogens is 6. The molecular formula is C59H34F6N6. The van der Waals surface area contributed by atoms with E-state index in [0.29, 0.717) is 61.4 Å². The fourth-order valence-corrected chi connectivity index (χ4v) is 8.96. The summed E-state index contributed by atoms with van der Waals surface area (Å²) in [7, 11) is 0. The van der Waals surface area contributed by atoms with Gasteiger partial charge in [0.25, 0.3) is 0 Å². The van der Waals surface area contributed by atoms with Crippen molar-refractivity contribution in [2.24, 2.45) is 0 Å². The predicted molar refractivity (Wildman–Crippen MR) is 265 cm³/mol. The summed E-state index contributed by atoms with van der Waals surface area (Å²) in [6, 6.07) is 61.8. The zero-order valence-corrected chi connectivity index (χ0v) is 37.1. The van der Waals surface area contributed by atoms with E-state index in [4.69, 9.17) is 19.9 Å². The molecule has 0 radical (unpaired) electrons. The van der Waals surface area contributed by atoms with Gasteiger partial charge in [0.05, 0.1) is 62.3 Å². The van der Waals surface area contributed by atoms with Gasteiger partial charge < -0.3 is 4.57 Å². The molecule has 3 aromatic heterocycles. The molecule has 0 unspecified atom stereocenters. The Balaban J connectivity index is 1.26. The normalized spacial score (nSPS) is 11.8. The Morgan fingerprint density at radius 3 is 1.17 bits per heavy atom. The van der Waals surface area contributed by atoms with Crippen LogP contribution >= 0.6 is 0 Å². The minimum Gasteiger partial charge on any atom is -0.308 e. The average Bonchev–Trinajstić information content (AvgIpc) is 3.73. The molecule has 0 bridgehead atoms. The number of hydrogen-bond acceptors (Lipinski definition) is 5. The predicted octanol–water partition coefficient (Wildman–Crippen LogP) is 15.9. The molecule has 0 aliphatic heterocycles. The molecule has 0 saturated heterocycles. The standard InChI is InChI=1S/C59H34F6N6/c60-58(61,62)43-29-42(30-44(32-43)59(63,64)65)41-25-26-54-46(31-41)45-23-13-14-24-53(45)71(54)55-47(56-67-49(37-15-5-1-6-16-37)33-50(68-56)38-17-7-2-8-18-38)27-36(35-66)28-48(55)57-69-51(39-19-9-3-10-20-39)34-52(70-57)40-21-11-4-12-22-40/h1-34H. The second-order valence-electron chi connectivity index (χ2n) is 16.8. The van der Waals surface area contributed by atoms with Crippen molar-refractivity contribution < 1.29 is 26.3 Å². The maximum atomic E-state index is 14.2. The van der Waals surface area contributed by atoms with E-state index >= 15 is 0 Å². The first-order valence-electron chi connectivity index (χ1n) is 22.3. The van der Waals surface area contributed by atoms with Crippen LogP contribution in [0.3, 0.4) is 0 Å². The molecule has 71 heavy (non-hydrogen) atoms. The lowest BCUT2D eigenvalue weighted by Gasteiger charge is -2.20. The molecular weight excluding hydrogens is 907 g/mol. The van der Waals surface area contributed by atoms with Crippen molar-refractivity contribution >= 4 is 21.8 Å². The van der Waals surface area contributed by atoms with Gasteiger partial charge in [0, 0.05) is 44.2 Å². The molecule has 0 atom stereocenters. The lowest BCUT2D eigenvalue weighted by atomic mass is 9.97. The topological polar surface area (TPSA) is 80.3 Å². The van der Waals surface area contributed by atoms with Gasteiger partial charge in [-0.1, -0.05) is 146 Å². The quantitative estimate of drug-likeness (QED) is 0.142. The first kappa shape index (κ1) is 44.3. The van der Waals surface area contributed by atoms with Crippen LogP contribution in [-0.2, 0) is 12.4 Å². The molecule has 0 fully saturated rings. The van der Waals surface area contributed by atoms with E-state index in [9.17, 15) is 31.6 Å². The Morgan fingerprint density at radius 1 is 0.366 bits per heavy atom. The first-order chi connectivity index (χ1) is 34.4. The Labute approximate surface area is 402 Å². The van der Waals surface area contributed by atoms with Crippen molar-refractivity contribution in [3.8, 4) is 90.7 Å². The molecule has 0 aliphatic carbocycles. The molecule has 342 valence electrons. The third-order valence-corrected chi connectivity index (χ3v) is 12.3. The van der Waals surface area contributed by atoms with Crippen molar-refractivity contribution in [2.45, 2.75) is 12.4 Å². The summed E-state index contributed by atoms with van der Waals surface area (Å²) in [6.45, 7) is 0. The molecule has 0 amide bonds. The number of alkyl halides is 6. The number of fused-ring (bicyclic) bond motifs is 3. The molecule has 0 spiro atoms. The number of benzene rings is 8. The minimum absolute atomic E-state index is 0.123. The van der Waals surface area contributed by atoms with E-state index in [2.05, 4.69) is 6.07 Å². The van der Waals surface area contributed by atoms with Gasteiger partial charge in [-0.3, -0.25) is 0 Å². The van der Waals surface area contributed by atoms with Gasteiger partial charge in [-0.2, -0.15) is 31.6 Å². The Bertz CT molecular complexity index is 3550. The summed E-state index contributed by atoms with van der Waals surface area (Å²) in [5.74, 6) is 0.513. The molecule has 0 N–H and O–H groups in total. The largest absolute Gasteiger partial charge is 0.416 e. The van der Waals surface area contributed by atoms with Gasteiger partial charge >= 0.3 is 12.4 Å². The maximum absolute atomic E-state index is 14.2. The van der Waals surface area contributed by atoms with Gasteiger partial charge in [0.15, 0.2) is 11.6 Å². The van der Waals surface area contributed by atoms with Crippen LogP contribution in [0.1, 0.15) is 16.7 Å². The van der Waals surface area contributed by atoms with Crippen LogP contribution < -0.4 is 0 Å². The number of para-hydroxylation sites is 1. The summed E-state index contributed by atoms with van der Waals surface area (Å²) in [6.07, 6.45) is -10.1. The summed E-state index contributed by atoms with van der Waals surface area (Å²) in [5.41, 5.74) is 5.40. The SMILES string of the molecule is N#Cc1cc(-c2nc(-c3ccccc3)cc(-c3ccccc3)n2)c(-n2c3ccccc3c3cc(-c4cc(C(F)(F)F)cc(C(F)(F)F)c4)ccc32)c(-c2nc(-c3ccccc3)cc(-c3ccccc3)n2)c1. The van der Waals surface area contributed by atoms with Gasteiger partial charge in [-0.05, 0) is 71.8 Å². The number of nitriles is 1. The van der Waals surface area contributed by atoms with Crippen molar-refractivity contribution in [3.05, 3.63) is 223 Å². The highest BCUT2D eigenvalue weighted by molar-refractivity contribution is 6.11. The second kappa shape index (κ2) is 17.7. The van der Waals surface area contributed by atoms with Gasteiger partial charge in [-0.15, -0.1) is 0 Å². The zero-order valence-electron chi connectivity index (χ0n) is 37.1. The van der Waals surface area contributed by atoms with Crippen LogP contribution in [0.2, 0.25) is 0 Å². The van der Waals surface area contributed by atoms with Crippen molar-refractivity contribution in [2.75, 3.05) is 0 Å². The fourth-order valence-electron chi connectivity index (χ4n) is 8.96. The zero-order chi connectivity index (χ0) is 48.9. The highest BCUT2D eigenvalue weighted by Crippen LogP contribution is 2.45. The van der Waals surface area contributed by atoms with E-state index in [-0.39, 0.29) is 34.4 Å². The first-order valence-corrected chi connectivity index (χ1v) is 22.3. The van der Waals surface area contributed by atoms with Crippen molar-refractivity contribution in [1.82, 2.24) is 24.5 Å². The van der Waals surface area contributed by atoms with Crippen molar-refractivity contribution in [1.29, 1.82) is 5.26 Å². The number of hydrogen-bond donors (Lipinski definition) is 0. The molecule has 12 heteroatoms. The van der Waals surface area contributed by atoms with Crippen LogP contribution in [0.15, 0.2) is 206 Å². The van der Waals surface area contributed by atoms with Crippen molar-refractivity contribution in [3.63, 3.8) is 0 Å². The van der Waals surface area contributed by atoms with Gasteiger partial charge in [0.1, 0.15) is 0 Å². The smallest absolute Gasteiger partial charge is 0.308 e. The fraction of sp³-hybridized carbons (Fsp3) is 0.0339. The Morgan fingerprint density at radius 2 is 0.761 bits per heavy atom. The van der Waals surface area contributed by atoms with Crippen LogP contribution in [0.25, 0.3) is 106 Å². The van der Waals surface area contributed by atoms with Gasteiger partial charge in [-0.25, -0.2) is 19.9 Å². The van der Waals surface area contributed by atoms with Gasteiger partial charge in [0.2, 0.25) is 0 Å². The molecule has 0 saturated carbocycles. The summed E-state index contributed by atoms with van der Waals surface area (Å²) >= 11 is 0. The molecule has 3 heterocycles. The molecule has 11 aromatic rings. The summed E-state index contributed by atoms with van der Waals surface area (Å²) < 4.78 is 87.1. The minimum atomic E-state index is -5.04. The third kappa shape index (κ3) is 8.55. The maximum Gasteiger partial charge on any atom is 0.416 e. The molecule has 0 aliphatic rings. The van der Waals surface area contributed by atoms with E-state index in [1.165, 1.54) is 6.07 Å². The molecule has 6 nitrogen and oxygen atoms in total. The molecule has 11 rings (SSSR count). The number of rotatable bonds is 8. The lowest BCUT2D eigenvalue weighted by Crippen LogP contribution is -2.11. The number of nitrogens with zero attached hydrogens (tertiary/aromatic N) is 6. The summed E-state index contributed by atoms with van der Waals surface area (Å²) in [4.78, 5) is 20.9. The molecule has 8 aromatic carbocycles. The van der Waals surface area contributed by atoms with E-state index in [1.807, 2.05) is 162 Å². The third-order valence-electron chi connectivity index (χ3n) is 12.3.